The molecule has 18 heavy (non-hydrogen) atoms. The maximum absolute atomic E-state index is 11.2. The predicted octanol–water partition coefficient (Wildman–Crippen LogP) is 1.14. The van der Waals surface area contributed by atoms with E-state index in [9.17, 15) is 4.79 Å². The van der Waals surface area contributed by atoms with E-state index in [2.05, 4.69) is 16.4 Å². The molecule has 0 atom stereocenters. The fraction of sp³-hybridized carbons (Fsp3) is 0.462. The summed E-state index contributed by atoms with van der Waals surface area (Å²) in [7, 11) is 3.45. The summed E-state index contributed by atoms with van der Waals surface area (Å²) in [4.78, 5) is 17.4. The number of aromatic nitrogens is 1. The van der Waals surface area contributed by atoms with E-state index in [4.69, 9.17) is 5.26 Å². The van der Waals surface area contributed by atoms with E-state index in [1.807, 2.05) is 31.9 Å². The van der Waals surface area contributed by atoms with Gasteiger partial charge in [0, 0.05) is 32.8 Å². The largest absolute Gasteiger partial charge is 0.359 e. The molecule has 1 N–H and O–H groups in total. The van der Waals surface area contributed by atoms with E-state index >= 15 is 0 Å². The average molecular weight is 246 g/mol. The molecule has 0 aliphatic heterocycles. The third-order valence-electron chi connectivity index (χ3n) is 2.75. The van der Waals surface area contributed by atoms with Crippen molar-refractivity contribution in [3.63, 3.8) is 0 Å². The quantitative estimate of drug-likeness (QED) is 0.865. The lowest BCUT2D eigenvalue weighted by Gasteiger charge is -2.20. The summed E-state index contributed by atoms with van der Waals surface area (Å²) < 4.78 is 0. The number of pyridine rings is 1. The molecule has 96 valence electrons. The highest BCUT2D eigenvalue weighted by Crippen LogP contribution is 2.20. The molecule has 0 aromatic carbocycles. The first kappa shape index (κ1) is 14.0. The lowest BCUT2D eigenvalue weighted by atomic mass is 10.1. The van der Waals surface area contributed by atoms with Gasteiger partial charge in [-0.05, 0) is 25.5 Å². The summed E-state index contributed by atoms with van der Waals surface area (Å²) in [6.07, 6.45) is 0.381. The Morgan fingerprint density at radius 3 is 2.78 bits per heavy atom. The van der Waals surface area contributed by atoms with Crippen LogP contribution in [0.2, 0.25) is 0 Å². The summed E-state index contributed by atoms with van der Waals surface area (Å²) in [5.41, 5.74) is 2.35. The van der Waals surface area contributed by atoms with E-state index in [1.165, 1.54) is 0 Å². The molecule has 1 heterocycles. The number of nitrogens with zero attached hydrogens (tertiary/aromatic N) is 3. The highest BCUT2D eigenvalue weighted by molar-refractivity contribution is 5.76. The second-order valence-corrected chi connectivity index (χ2v) is 4.24. The van der Waals surface area contributed by atoms with Crippen molar-refractivity contribution in [3.8, 4) is 6.07 Å². The standard InChI is InChI=1S/C13H18N4O/c1-9-7-10(2)16-13(11(9)8-14)17(4)6-5-12(18)15-3/h7H,5-6H2,1-4H3,(H,15,18). The molecule has 0 bridgehead atoms. The molecule has 0 unspecified atom stereocenters. The van der Waals surface area contributed by atoms with Gasteiger partial charge in [-0.15, -0.1) is 0 Å². The SMILES string of the molecule is CNC(=O)CCN(C)c1nc(C)cc(C)c1C#N. The Morgan fingerprint density at radius 1 is 1.56 bits per heavy atom. The zero-order valence-electron chi connectivity index (χ0n) is 11.2. The van der Waals surface area contributed by atoms with Gasteiger partial charge >= 0.3 is 0 Å². The third kappa shape index (κ3) is 3.20. The van der Waals surface area contributed by atoms with Crippen LogP contribution in [-0.4, -0.2) is 31.5 Å². The van der Waals surface area contributed by atoms with Crippen molar-refractivity contribution in [3.05, 3.63) is 22.9 Å². The van der Waals surface area contributed by atoms with Crippen LogP contribution in [-0.2, 0) is 4.79 Å². The lowest BCUT2D eigenvalue weighted by Crippen LogP contribution is -2.27. The van der Waals surface area contributed by atoms with Crippen molar-refractivity contribution in [1.82, 2.24) is 10.3 Å². The number of nitrogens with one attached hydrogen (secondary N) is 1. The number of rotatable bonds is 4. The second-order valence-electron chi connectivity index (χ2n) is 4.24. The Kier molecular flexibility index (Phi) is 4.67. The molecule has 1 amide bonds. The Bertz CT molecular complexity index is 490. The van der Waals surface area contributed by atoms with Crippen LogP contribution in [0, 0.1) is 25.2 Å². The van der Waals surface area contributed by atoms with Crippen LogP contribution >= 0.6 is 0 Å². The van der Waals surface area contributed by atoms with E-state index in [0.717, 1.165) is 11.3 Å². The first-order valence-corrected chi connectivity index (χ1v) is 5.79. The minimum Gasteiger partial charge on any atom is -0.359 e. The molecule has 0 spiro atoms. The van der Waals surface area contributed by atoms with Gasteiger partial charge in [0.15, 0.2) is 0 Å². The maximum atomic E-state index is 11.2. The van der Waals surface area contributed by atoms with Crippen LogP contribution in [0.4, 0.5) is 5.82 Å². The van der Waals surface area contributed by atoms with Crippen molar-refractivity contribution >= 4 is 11.7 Å². The molecule has 5 heteroatoms. The molecule has 1 aromatic rings. The van der Waals surface area contributed by atoms with Crippen molar-refractivity contribution in [2.75, 3.05) is 25.5 Å². The summed E-state index contributed by atoms with van der Waals surface area (Å²) >= 11 is 0. The number of hydrogen-bond acceptors (Lipinski definition) is 4. The number of hydrogen-bond donors (Lipinski definition) is 1. The van der Waals surface area contributed by atoms with Gasteiger partial charge < -0.3 is 10.2 Å². The molecular formula is C13H18N4O. The van der Waals surface area contributed by atoms with Gasteiger partial charge in [-0.3, -0.25) is 4.79 Å². The minimum absolute atomic E-state index is 0.0234. The maximum Gasteiger partial charge on any atom is 0.221 e. The van der Waals surface area contributed by atoms with Gasteiger partial charge in [-0.25, -0.2) is 4.98 Å². The normalized spacial score (nSPS) is 9.72. The monoisotopic (exact) mass is 246 g/mol. The summed E-state index contributed by atoms with van der Waals surface area (Å²) in [5, 5.41) is 11.7. The van der Waals surface area contributed by atoms with Gasteiger partial charge in [0.05, 0.1) is 5.56 Å². The van der Waals surface area contributed by atoms with E-state index in [-0.39, 0.29) is 5.91 Å². The van der Waals surface area contributed by atoms with Crippen molar-refractivity contribution in [2.45, 2.75) is 20.3 Å². The molecule has 0 saturated carbocycles. The zero-order valence-corrected chi connectivity index (χ0v) is 11.2. The summed E-state index contributed by atoms with van der Waals surface area (Å²) in [6.45, 7) is 4.32. The van der Waals surface area contributed by atoms with Crippen molar-refractivity contribution < 1.29 is 4.79 Å². The lowest BCUT2D eigenvalue weighted by molar-refractivity contribution is -0.120. The molecule has 5 nitrogen and oxygen atoms in total. The fourth-order valence-corrected chi connectivity index (χ4v) is 1.73. The smallest absolute Gasteiger partial charge is 0.221 e. The molecule has 0 fully saturated rings. The highest BCUT2D eigenvalue weighted by atomic mass is 16.1. The van der Waals surface area contributed by atoms with Gasteiger partial charge in [0.2, 0.25) is 5.91 Å². The van der Waals surface area contributed by atoms with Crippen LogP contribution in [0.5, 0.6) is 0 Å². The predicted molar refractivity (Wildman–Crippen MR) is 70.4 cm³/mol. The molecular weight excluding hydrogens is 228 g/mol. The third-order valence-corrected chi connectivity index (χ3v) is 2.75. The number of aryl methyl sites for hydroxylation is 2. The number of amides is 1. The Balaban J connectivity index is 2.95. The summed E-state index contributed by atoms with van der Waals surface area (Å²) in [5.74, 6) is 0.614. The first-order valence-electron chi connectivity index (χ1n) is 5.79. The van der Waals surface area contributed by atoms with Gasteiger partial charge in [-0.1, -0.05) is 0 Å². The van der Waals surface area contributed by atoms with Gasteiger partial charge in [0.25, 0.3) is 0 Å². The fourth-order valence-electron chi connectivity index (χ4n) is 1.73. The van der Waals surface area contributed by atoms with Gasteiger partial charge in [0.1, 0.15) is 11.9 Å². The van der Waals surface area contributed by atoms with E-state index in [1.54, 1.807) is 7.05 Å². The van der Waals surface area contributed by atoms with Crippen molar-refractivity contribution in [1.29, 1.82) is 5.26 Å². The number of carbonyl (C=O) groups excluding carboxylic acids is 1. The molecule has 0 radical (unpaired) electrons. The van der Waals surface area contributed by atoms with Crippen LogP contribution in [0.25, 0.3) is 0 Å². The Morgan fingerprint density at radius 2 is 2.22 bits per heavy atom. The highest BCUT2D eigenvalue weighted by Gasteiger charge is 2.13. The number of nitriles is 1. The molecule has 1 aromatic heterocycles. The number of anilines is 1. The Hall–Kier alpha value is -2.09. The number of carbonyl (C=O) groups is 1. The summed E-state index contributed by atoms with van der Waals surface area (Å²) in [6, 6.07) is 4.05. The van der Waals surface area contributed by atoms with Gasteiger partial charge in [-0.2, -0.15) is 5.26 Å². The van der Waals surface area contributed by atoms with E-state index in [0.29, 0.717) is 24.3 Å². The first-order chi connectivity index (χ1) is 8.49. The van der Waals surface area contributed by atoms with Crippen LogP contribution in [0.1, 0.15) is 23.2 Å². The molecule has 0 aliphatic carbocycles. The second kappa shape index (κ2) is 6.01. The van der Waals surface area contributed by atoms with Crippen LogP contribution in [0.3, 0.4) is 0 Å². The van der Waals surface area contributed by atoms with Crippen molar-refractivity contribution in [2.24, 2.45) is 0 Å². The molecule has 1 rings (SSSR count). The topological polar surface area (TPSA) is 69.0 Å². The molecule has 0 saturated heterocycles. The molecule has 0 aliphatic rings. The minimum atomic E-state index is -0.0234. The zero-order chi connectivity index (χ0) is 13.7. The van der Waals surface area contributed by atoms with Crippen LogP contribution in [0.15, 0.2) is 6.07 Å². The average Bonchev–Trinajstić information content (AvgIpc) is 2.34. The van der Waals surface area contributed by atoms with Crippen LogP contribution < -0.4 is 10.2 Å². The van der Waals surface area contributed by atoms with E-state index < -0.39 is 0 Å². The Labute approximate surface area is 107 Å².